The minimum atomic E-state index is -0.333. The van der Waals surface area contributed by atoms with Gasteiger partial charge in [0.25, 0.3) is 0 Å². The van der Waals surface area contributed by atoms with Gasteiger partial charge in [-0.3, -0.25) is 4.79 Å². The molecule has 0 radical (unpaired) electrons. The van der Waals surface area contributed by atoms with Gasteiger partial charge in [-0.05, 0) is 31.1 Å². The van der Waals surface area contributed by atoms with Gasteiger partial charge in [-0.25, -0.2) is 0 Å². The second kappa shape index (κ2) is 7.07. The molecule has 1 amide bonds. The van der Waals surface area contributed by atoms with E-state index in [-0.39, 0.29) is 17.7 Å². The molecule has 1 aliphatic rings. The van der Waals surface area contributed by atoms with Crippen molar-refractivity contribution in [3.05, 3.63) is 0 Å². The third-order valence-electron chi connectivity index (χ3n) is 3.86. The molecule has 18 heavy (non-hydrogen) atoms. The van der Waals surface area contributed by atoms with Crippen LogP contribution in [0.4, 0.5) is 0 Å². The minimum absolute atomic E-state index is 0.0112. The summed E-state index contributed by atoms with van der Waals surface area (Å²) in [6, 6.07) is 0.304. The fraction of sp³-hybridized carbons (Fsp3) is 0.857. The monoisotopic (exact) mass is 270 g/mol. The average Bonchev–Trinajstić information content (AvgIpc) is 2.42. The number of hydrogen-bond acceptors (Lipinski definition) is 2. The molecule has 3 unspecified atom stereocenters. The molecule has 0 aliphatic heterocycles. The molecule has 1 aliphatic carbocycles. The van der Waals surface area contributed by atoms with Crippen LogP contribution in [0.5, 0.6) is 0 Å². The highest BCUT2D eigenvalue weighted by atomic mass is 32.1. The second-order valence-corrected chi connectivity index (χ2v) is 6.41. The molecule has 3 atom stereocenters. The summed E-state index contributed by atoms with van der Waals surface area (Å²) in [6.45, 7) is 6.26. The average molecular weight is 270 g/mol. The van der Waals surface area contributed by atoms with E-state index in [1.54, 1.807) is 0 Å². The van der Waals surface area contributed by atoms with E-state index in [0.717, 1.165) is 18.8 Å². The van der Waals surface area contributed by atoms with Crippen molar-refractivity contribution in [3.63, 3.8) is 0 Å². The lowest BCUT2D eigenvalue weighted by atomic mass is 9.94. The molecular weight excluding hydrogens is 244 g/mol. The third-order valence-corrected chi connectivity index (χ3v) is 4.11. The van der Waals surface area contributed by atoms with Crippen LogP contribution in [0.1, 0.15) is 52.9 Å². The molecule has 1 fully saturated rings. The normalized spacial score (nSPS) is 26.4. The van der Waals surface area contributed by atoms with Crippen LogP contribution in [0.3, 0.4) is 0 Å². The molecule has 1 saturated carbocycles. The van der Waals surface area contributed by atoms with E-state index in [4.69, 9.17) is 18.0 Å². The predicted octanol–water partition coefficient (Wildman–Crippen LogP) is 2.63. The highest BCUT2D eigenvalue weighted by Gasteiger charge is 2.27. The van der Waals surface area contributed by atoms with Gasteiger partial charge in [-0.1, -0.05) is 45.8 Å². The zero-order chi connectivity index (χ0) is 13.7. The largest absolute Gasteiger partial charge is 0.393 e. The van der Waals surface area contributed by atoms with Crippen molar-refractivity contribution < 1.29 is 4.79 Å². The standard InChI is InChI=1S/C14H26N2OS/c1-9(2)12(13(15)18)14(17)16-11-6-4-5-10(3)7-8-11/h9-12H,4-8H2,1-3H3,(H2,15,18)(H,16,17). The Hall–Kier alpha value is -0.640. The van der Waals surface area contributed by atoms with Gasteiger partial charge >= 0.3 is 0 Å². The summed E-state index contributed by atoms with van der Waals surface area (Å²) < 4.78 is 0. The van der Waals surface area contributed by atoms with Gasteiger partial charge in [0.2, 0.25) is 5.91 Å². The topological polar surface area (TPSA) is 55.1 Å². The van der Waals surface area contributed by atoms with E-state index < -0.39 is 0 Å². The molecule has 0 aromatic heterocycles. The van der Waals surface area contributed by atoms with E-state index in [2.05, 4.69) is 12.2 Å². The zero-order valence-corrected chi connectivity index (χ0v) is 12.6. The smallest absolute Gasteiger partial charge is 0.230 e. The lowest BCUT2D eigenvalue weighted by molar-refractivity contribution is -0.124. The lowest BCUT2D eigenvalue weighted by Crippen LogP contribution is -2.44. The first-order chi connectivity index (χ1) is 8.41. The van der Waals surface area contributed by atoms with E-state index in [1.165, 1.54) is 19.3 Å². The Balaban J connectivity index is 2.54. The molecule has 0 heterocycles. The van der Waals surface area contributed by atoms with Gasteiger partial charge in [0, 0.05) is 6.04 Å². The SMILES string of the molecule is CC1CCCC(NC(=O)C(C(N)=S)C(C)C)CC1. The summed E-state index contributed by atoms with van der Waals surface area (Å²) >= 11 is 5.00. The molecule has 0 bridgehead atoms. The third kappa shape index (κ3) is 4.56. The number of hydrogen-bond donors (Lipinski definition) is 2. The van der Waals surface area contributed by atoms with Crippen molar-refractivity contribution in [2.45, 2.75) is 58.9 Å². The van der Waals surface area contributed by atoms with Gasteiger partial charge < -0.3 is 11.1 Å². The fourth-order valence-electron chi connectivity index (χ4n) is 2.68. The van der Waals surface area contributed by atoms with Gasteiger partial charge in [0.15, 0.2) is 0 Å². The Bertz CT molecular complexity index is 304. The molecule has 3 nitrogen and oxygen atoms in total. The fourth-order valence-corrected chi connectivity index (χ4v) is 3.06. The number of amides is 1. The van der Waals surface area contributed by atoms with Gasteiger partial charge in [-0.15, -0.1) is 0 Å². The van der Waals surface area contributed by atoms with E-state index in [1.807, 2.05) is 13.8 Å². The van der Waals surface area contributed by atoms with Crippen molar-refractivity contribution in [1.82, 2.24) is 5.32 Å². The van der Waals surface area contributed by atoms with Crippen LogP contribution in [-0.2, 0) is 4.79 Å². The van der Waals surface area contributed by atoms with Crippen molar-refractivity contribution >= 4 is 23.1 Å². The Kier molecular flexibility index (Phi) is 6.06. The predicted molar refractivity (Wildman–Crippen MR) is 79.3 cm³/mol. The molecule has 104 valence electrons. The highest BCUT2D eigenvalue weighted by Crippen LogP contribution is 2.23. The second-order valence-electron chi connectivity index (χ2n) is 5.94. The maximum atomic E-state index is 12.2. The lowest BCUT2D eigenvalue weighted by Gasteiger charge is -2.23. The van der Waals surface area contributed by atoms with Crippen LogP contribution in [0.2, 0.25) is 0 Å². The van der Waals surface area contributed by atoms with Gasteiger partial charge in [0.05, 0.1) is 10.9 Å². The summed E-state index contributed by atoms with van der Waals surface area (Å²) in [5.74, 6) is 0.619. The quantitative estimate of drug-likeness (QED) is 0.610. The Morgan fingerprint density at radius 2 is 1.94 bits per heavy atom. The number of carbonyl (C=O) groups is 1. The van der Waals surface area contributed by atoms with Crippen LogP contribution in [-0.4, -0.2) is 16.9 Å². The maximum absolute atomic E-state index is 12.2. The minimum Gasteiger partial charge on any atom is -0.393 e. The number of nitrogens with one attached hydrogen (secondary N) is 1. The number of thiocarbonyl (C=S) groups is 1. The Morgan fingerprint density at radius 3 is 2.50 bits per heavy atom. The number of carbonyl (C=O) groups excluding carboxylic acids is 1. The first-order valence-corrected chi connectivity index (χ1v) is 7.42. The van der Waals surface area contributed by atoms with E-state index in [9.17, 15) is 4.79 Å². The summed E-state index contributed by atoms with van der Waals surface area (Å²) in [4.78, 5) is 12.5. The van der Waals surface area contributed by atoms with Crippen molar-refractivity contribution in [3.8, 4) is 0 Å². The molecular formula is C14H26N2OS. The van der Waals surface area contributed by atoms with Crippen LogP contribution in [0.25, 0.3) is 0 Å². The van der Waals surface area contributed by atoms with Crippen LogP contribution in [0, 0.1) is 17.8 Å². The summed E-state index contributed by atoms with van der Waals surface area (Å²) in [5, 5.41) is 3.14. The first kappa shape index (κ1) is 15.4. The highest BCUT2D eigenvalue weighted by molar-refractivity contribution is 7.80. The van der Waals surface area contributed by atoms with Crippen LogP contribution < -0.4 is 11.1 Å². The molecule has 0 spiro atoms. The molecule has 0 aromatic rings. The summed E-state index contributed by atoms with van der Waals surface area (Å²) in [6.07, 6.45) is 5.83. The maximum Gasteiger partial charge on any atom is 0.230 e. The number of nitrogens with two attached hydrogens (primary N) is 1. The number of rotatable bonds is 4. The Labute approximate surface area is 116 Å². The van der Waals surface area contributed by atoms with Crippen molar-refractivity contribution in [2.75, 3.05) is 0 Å². The Morgan fingerprint density at radius 1 is 1.28 bits per heavy atom. The zero-order valence-electron chi connectivity index (χ0n) is 11.7. The first-order valence-electron chi connectivity index (χ1n) is 7.01. The van der Waals surface area contributed by atoms with Crippen molar-refractivity contribution in [2.24, 2.45) is 23.5 Å². The van der Waals surface area contributed by atoms with E-state index >= 15 is 0 Å². The molecule has 1 rings (SSSR count). The van der Waals surface area contributed by atoms with Crippen LogP contribution in [0.15, 0.2) is 0 Å². The summed E-state index contributed by atoms with van der Waals surface area (Å²) in [7, 11) is 0. The molecule has 0 saturated heterocycles. The van der Waals surface area contributed by atoms with Crippen molar-refractivity contribution in [1.29, 1.82) is 0 Å². The van der Waals surface area contributed by atoms with Gasteiger partial charge in [-0.2, -0.15) is 0 Å². The molecule has 0 aromatic carbocycles. The molecule has 3 N–H and O–H groups in total. The van der Waals surface area contributed by atoms with Gasteiger partial charge in [0.1, 0.15) is 0 Å². The molecule has 4 heteroatoms. The van der Waals surface area contributed by atoms with Crippen LogP contribution >= 0.6 is 12.2 Å². The summed E-state index contributed by atoms with van der Waals surface area (Å²) in [5.41, 5.74) is 5.67. The van der Waals surface area contributed by atoms with E-state index in [0.29, 0.717) is 11.0 Å².